The predicted octanol–water partition coefficient (Wildman–Crippen LogP) is 4.68. The molecule has 0 amide bonds. The van der Waals surface area contributed by atoms with Crippen molar-refractivity contribution in [3.8, 4) is 28.7 Å². The Morgan fingerprint density at radius 1 is 1.15 bits per heavy atom. The molecule has 4 aromatic rings. The largest absolute Gasteiger partial charge is 0.382 e. The summed E-state index contributed by atoms with van der Waals surface area (Å²) in [5.74, 6) is 7.43. The number of carbonyl (C=O) groups excluding carboxylic acids is 1. The summed E-state index contributed by atoms with van der Waals surface area (Å²) >= 11 is 0. The summed E-state index contributed by atoms with van der Waals surface area (Å²) in [6, 6.07) is 11.7. The second-order valence-electron chi connectivity index (χ2n) is 10.1. The zero-order chi connectivity index (χ0) is 27.6. The minimum Gasteiger partial charge on any atom is -0.382 e. The van der Waals surface area contributed by atoms with Gasteiger partial charge < -0.3 is 9.84 Å². The van der Waals surface area contributed by atoms with Gasteiger partial charge in [0.05, 0.1) is 22.8 Å². The number of hydrogen-bond acceptors (Lipinski definition) is 7. The van der Waals surface area contributed by atoms with Gasteiger partial charge in [-0.1, -0.05) is 25.0 Å². The average molecular weight is 524 g/mol. The van der Waals surface area contributed by atoms with E-state index in [1.54, 1.807) is 19.3 Å². The minimum absolute atomic E-state index is 0.0193. The van der Waals surface area contributed by atoms with Crippen molar-refractivity contribution in [3.63, 3.8) is 0 Å². The Morgan fingerprint density at radius 2 is 1.90 bits per heavy atom. The molecule has 1 fully saturated rings. The number of aliphatic hydroxyl groups is 1. The fraction of sp³-hybridized carbons (Fsp3) is 0.355. The van der Waals surface area contributed by atoms with E-state index in [-0.39, 0.29) is 6.04 Å². The molecular weight excluding hydrogens is 490 g/mol. The van der Waals surface area contributed by atoms with Crippen LogP contribution in [-0.2, 0) is 10.3 Å². The molecule has 1 aliphatic rings. The predicted molar refractivity (Wildman–Crippen MR) is 151 cm³/mol. The lowest BCUT2D eigenvalue weighted by atomic mass is 9.93. The maximum Gasteiger partial charge on any atom is 0.160 e. The Labute approximate surface area is 228 Å². The molecule has 1 atom stereocenters. The van der Waals surface area contributed by atoms with Crippen LogP contribution >= 0.6 is 0 Å². The Hall–Kier alpha value is -3.90. The van der Waals surface area contributed by atoms with Crippen LogP contribution in [0.3, 0.4) is 0 Å². The van der Waals surface area contributed by atoms with Crippen LogP contribution in [0, 0.1) is 11.8 Å². The van der Waals surface area contributed by atoms with Crippen molar-refractivity contribution in [1.29, 1.82) is 0 Å². The molecule has 0 aliphatic carbocycles. The van der Waals surface area contributed by atoms with Gasteiger partial charge in [0.1, 0.15) is 11.4 Å². The summed E-state index contributed by atoms with van der Waals surface area (Å²) in [7, 11) is 4.07. The van der Waals surface area contributed by atoms with Crippen LogP contribution in [0.1, 0.15) is 66.7 Å². The Balaban J connectivity index is 1.70. The topological polar surface area (TPSA) is 93.4 Å². The number of nitrogens with zero attached hydrogens (tertiary/aromatic N) is 5. The average Bonchev–Trinajstić information content (AvgIpc) is 3.31. The van der Waals surface area contributed by atoms with E-state index in [0.717, 1.165) is 51.9 Å². The number of aromatic nitrogens is 4. The third kappa shape index (κ3) is 4.97. The van der Waals surface area contributed by atoms with E-state index in [1.165, 1.54) is 0 Å². The Bertz CT molecular complexity index is 1560. The lowest BCUT2D eigenvalue weighted by Crippen LogP contribution is -2.35. The first-order chi connectivity index (χ1) is 18.9. The van der Waals surface area contributed by atoms with E-state index in [9.17, 15) is 9.90 Å². The monoisotopic (exact) mass is 523 g/mol. The number of hydrogen-bond donors (Lipinski definition) is 1. The van der Waals surface area contributed by atoms with E-state index in [2.05, 4.69) is 44.3 Å². The number of fused-ring (bicyclic) bond motifs is 1. The lowest BCUT2D eigenvalue weighted by Gasteiger charge is -2.30. The first-order valence-corrected chi connectivity index (χ1v) is 13.2. The van der Waals surface area contributed by atoms with Gasteiger partial charge in [-0.2, -0.15) is 0 Å². The molecule has 0 spiro atoms. The summed E-state index contributed by atoms with van der Waals surface area (Å²) in [5.41, 5.74) is 4.39. The smallest absolute Gasteiger partial charge is 0.160 e. The van der Waals surface area contributed by atoms with Crippen LogP contribution in [0.4, 0.5) is 0 Å². The number of para-hydroxylation sites is 1. The second-order valence-corrected chi connectivity index (χ2v) is 10.1. The molecule has 2 aromatic carbocycles. The number of rotatable bonds is 7. The highest BCUT2D eigenvalue weighted by Gasteiger charge is 2.34. The van der Waals surface area contributed by atoms with Gasteiger partial charge in [0.25, 0.3) is 0 Å². The van der Waals surface area contributed by atoms with Crippen LogP contribution in [0.5, 0.6) is 0 Å². The van der Waals surface area contributed by atoms with Crippen molar-refractivity contribution in [2.24, 2.45) is 0 Å². The van der Waals surface area contributed by atoms with Crippen molar-refractivity contribution in [1.82, 2.24) is 24.4 Å². The fourth-order valence-corrected chi connectivity index (χ4v) is 5.30. The van der Waals surface area contributed by atoms with Gasteiger partial charge in [-0.15, -0.1) is 5.92 Å². The molecule has 5 rings (SSSR count). The summed E-state index contributed by atoms with van der Waals surface area (Å²) in [6.07, 6.45) is 6.17. The number of imidazole rings is 1. The molecule has 1 N–H and O–H groups in total. The molecule has 0 bridgehead atoms. The van der Waals surface area contributed by atoms with Crippen molar-refractivity contribution < 1.29 is 14.6 Å². The standard InChI is InChI=1S/C31H33N5O3/c1-5-8-21-9-7-10-23(20-37)28(21)36-27-17-22(11-12-25(27)34-29(36)26(6-2)35(3)4)24-18-32-30(33-19-24)31(38)13-15-39-16-14-31/h7,9-12,17-20,26,38H,6,13-16H2,1-4H3. The van der Waals surface area contributed by atoms with Gasteiger partial charge in [-0.05, 0) is 57.3 Å². The maximum absolute atomic E-state index is 12.2. The summed E-state index contributed by atoms with van der Waals surface area (Å²) in [6.45, 7) is 4.90. The Morgan fingerprint density at radius 3 is 2.54 bits per heavy atom. The van der Waals surface area contributed by atoms with E-state index in [0.29, 0.717) is 37.4 Å². The van der Waals surface area contributed by atoms with E-state index >= 15 is 0 Å². The Kier molecular flexibility index (Phi) is 7.58. The number of carbonyl (C=O) groups is 1. The molecular formula is C31H33N5O3. The highest BCUT2D eigenvalue weighted by molar-refractivity contribution is 5.89. The highest BCUT2D eigenvalue weighted by Crippen LogP contribution is 2.35. The molecule has 3 heterocycles. The van der Waals surface area contributed by atoms with Crippen LogP contribution in [0.2, 0.25) is 0 Å². The first-order valence-electron chi connectivity index (χ1n) is 13.2. The van der Waals surface area contributed by atoms with Gasteiger partial charge in [-0.25, -0.2) is 15.0 Å². The van der Waals surface area contributed by atoms with Gasteiger partial charge in [0.15, 0.2) is 12.1 Å². The van der Waals surface area contributed by atoms with Gasteiger partial charge >= 0.3 is 0 Å². The quantitative estimate of drug-likeness (QED) is 0.278. The number of ether oxygens (including phenoxy) is 1. The van der Waals surface area contributed by atoms with Crippen LogP contribution in [0.15, 0.2) is 48.8 Å². The van der Waals surface area contributed by atoms with Crippen molar-refractivity contribution in [3.05, 3.63) is 71.6 Å². The van der Waals surface area contributed by atoms with E-state index in [1.807, 2.05) is 44.4 Å². The zero-order valence-corrected chi connectivity index (χ0v) is 22.8. The molecule has 39 heavy (non-hydrogen) atoms. The third-order valence-electron chi connectivity index (χ3n) is 7.39. The van der Waals surface area contributed by atoms with Gasteiger partial charge in [0, 0.05) is 55.1 Å². The van der Waals surface area contributed by atoms with E-state index in [4.69, 9.17) is 9.72 Å². The molecule has 1 aliphatic heterocycles. The lowest BCUT2D eigenvalue weighted by molar-refractivity contribution is -0.0733. The molecule has 0 saturated carbocycles. The zero-order valence-electron chi connectivity index (χ0n) is 22.8. The molecule has 1 saturated heterocycles. The van der Waals surface area contributed by atoms with Crippen LogP contribution in [-0.4, -0.2) is 63.1 Å². The molecule has 2 aromatic heterocycles. The number of aldehydes is 1. The summed E-state index contributed by atoms with van der Waals surface area (Å²) in [5, 5.41) is 11.0. The second kappa shape index (κ2) is 11.1. The summed E-state index contributed by atoms with van der Waals surface area (Å²) < 4.78 is 7.47. The highest BCUT2D eigenvalue weighted by atomic mass is 16.5. The van der Waals surface area contributed by atoms with Crippen molar-refractivity contribution >= 4 is 17.3 Å². The third-order valence-corrected chi connectivity index (χ3v) is 7.39. The van der Waals surface area contributed by atoms with Crippen molar-refractivity contribution in [2.75, 3.05) is 27.3 Å². The first kappa shape index (κ1) is 26.7. The molecule has 1 unspecified atom stereocenters. The van der Waals surface area contributed by atoms with Crippen LogP contribution in [0.25, 0.3) is 27.8 Å². The molecule has 200 valence electrons. The minimum atomic E-state index is -1.06. The summed E-state index contributed by atoms with van der Waals surface area (Å²) in [4.78, 5) is 28.5. The van der Waals surface area contributed by atoms with Gasteiger partial charge in [-0.3, -0.25) is 14.3 Å². The van der Waals surface area contributed by atoms with Crippen LogP contribution < -0.4 is 0 Å². The number of benzene rings is 2. The SMILES string of the molecule is CC#Cc1cccc(C=O)c1-n1c(C(CC)N(C)C)nc2ccc(-c3cnc(C4(O)CCOCC4)nc3)cc21. The normalized spacial score (nSPS) is 15.6. The molecule has 8 nitrogen and oxygen atoms in total. The van der Waals surface area contributed by atoms with Crippen molar-refractivity contribution in [2.45, 2.75) is 44.8 Å². The maximum atomic E-state index is 12.2. The van der Waals surface area contributed by atoms with E-state index < -0.39 is 5.60 Å². The molecule has 0 radical (unpaired) electrons. The molecule has 8 heteroatoms. The van der Waals surface area contributed by atoms with Gasteiger partial charge in [0.2, 0.25) is 0 Å². The fourth-order valence-electron chi connectivity index (χ4n) is 5.30.